The van der Waals surface area contributed by atoms with Crippen LogP contribution in [0.4, 0.5) is 5.69 Å². The van der Waals surface area contributed by atoms with Gasteiger partial charge in [0.1, 0.15) is 17.5 Å². The number of aromatic nitrogens is 2. The summed E-state index contributed by atoms with van der Waals surface area (Å²) in [6, 6.07) is 9.45. The van der Waals surface area contributed by atoms with E-state index in [0.29, 0.717) is 17.0 Å². The van der Waals surface area contributed by atoms with Gasteiger partial charge in [0, 0.05) is 29.7 Å². The average Bonchev–Trinajstić information content (AvgIpc) is 3.11. The van der Waals surface area contributed by atoms with Crippen molar-refractivity contribution in [2.24, 2.45) is 0 Å². The highest BCUT2D eigenvalue weighted by Gasteiger charge is 2.20. The normalized spacial score (nSPS) is 15.6. The molecule has 6 heteroatoms. The standard InChI is InChI=1S/C19H21N3O3/c1-12-10-16(15-4-7-21-19(15)22(12)23)17-11-13(20)2-3-18(17)25-14-5-8-24-9-6-14/h2-4,7,10-11,14,21H,5-6,8-9,20H2,1H3. The number of H-pyrrole nitrogens is 1. The van der Waals surface area contributed by atoms with Crippen LogP contribution >= 0.6 is 0 Å². The topological polar surface area (TPSA) is 87.2 Å². The number of benzene rings is 1. The van der Waals surface area contributed by atoms with Gasteiger partial charge in [-0.15, -0.1) is 0 Å². The number of fused-ring (bicyclic) bond motifs is 1. The fourth-order valence-corrected chi connectivity index (χ4v) is 3.32. The molecule has 3 N–H and O–H groups in total. The fourth-order valence-electron chi connectivity index (χ4n) is 3.32. The summed E-state index contributed by atoms with van der Waals surface area (Å²) >= 11 is 0. The van der Waals surface area contributed by atoms with Crippen molar-refractivity contribution in [3.05, 3.63) is 47.4 Å². The number of hydrogen-bond donors (Lipinski definition) is 2. The maximum Gasteiger partial charge on any atom is 0.290 e. The summed E-state index contributed by atoms with van der Waals surface area (Å²) in [5.41, 5.74) is 9.69. The lowest BCUT2D eigenvalue weighted by Gasteiger charge is -2.25. The number of ether oxygens (including phenoxy) is 2. The number of anilines is 1. The molecule has 0 atom stereocenters. The van der Waals surface area contributed by atoms with E-state index in [9.17, 15) is 5.21 Å². The van der Waals surface area contributed by atoms with E-state index in [-0.39, 0.29) is 6.10 Å². The van der Waals surface area contributed by atoms with Crippen LogP contribution in [0.15, 0.2) is 36.5 Å². The highest BCUT2D eigenvalue weighted by Crippen LogP contribution is 2.37. The molecule has 4 rings (SSSR count). The summed E-state index contributed by atoms with van der Waals surface area (Å²) in [6.45, 7) is 3.23. The molecule has 0 amide bonds. The first-order valence-electron chi connectivity index (χ1n) is 8.48. The summed E-state index contributed by atoms with van der Waals surface area (Å²) in [6.07, 6.45) is 3.65. The van der Waals surface area contributed by atoms with E-state index >= 15 is 0 Å². The lowest BCUT2D eigenvalue weighted by Crippen LogP contribution is -2.31. The minimum atomic E-state index is 0.132. The number of aromatic amines is 1. The molecule has 6 nitrogen and oxygen atoms in total. The quantitative estimate of drug-likeness (QED) is 0.436. The van der Waals surface area contributed by atoms with Crippen LogP contribution in [-0.2, 0) is 4.74 Å². The number of pyridine rings is 1. The Morgan fingerprint density at radius 2 is 2.00 bits per heavy atom. The maximum absolute atomic E-state index is 12.3. The van der Waals surface area contributed by atoms with E-state index in [2.05, 4.69) is 4.98 Å². The van der Waals surface area contributed by atoms with Crippen molar-refractivity contribution < 1.29 is 14.2 Å². The van der Waals surface area contributed by atoms with Crippen molar-refractivity contribution >= 4 is 16.7 Å². The second-order valence-corrected chi connectivity index (χ2v) is 6.42. The van der Waals surface area contributed by atoms with Gasteiger partial charge >= 0.3 is 0 Å². The molecule has 0 spiro atoms. The summed E-state index contributed by atoms with van der Waals surface area (Å²) in [5.74, 6) is 0.784. The first-order chi connectivity index (χ1) is 12.1. The smallest absolute Gasteiger partial charge is 0.290 e. The van der Waals surface area contributed by atoms with E-state index in [0.717, 1.165) is 53.0 Å². The van der Waals surface area contributed by atoms with Crippen molar-refractivity contribution in [3.8, 4) is 16.9 Å². The molecule has 0 aliphatic carbocycles. The second-order valence-electron chi connectivity index (χ2n) is 6.42. The Morgan fingerprint density at radius 3 is 2.80 bits per heavy atom. The predicted octanol–water partition coefficient (Wildman–Crippen LogP) is 2.92. The first-order valence-corrected chi connectivity index (χ1v) is 8.48. The Bertz CT molecular complexity index is 914. The molecule has 130 valence electrons. The van der Waals surface area contributed by atoms with Gasteiger partial charge in [-0.25, -0.2) is 9.71 Å². The molecule has 0 unspecified atom stereocenters. The van der Waals surface area contributed by atoms with Crippen LogP contribution in [0.1, 0.15) is 18.5 Å². The zero-order chi connectivity index (χ0) is 17.4. The Morgan fingerprint density at radius 1 is 1.20 bits per heavy atom. The zero-order valence-electron chi connectivity index (χ0n) is 14.1. The SMILES string of the molecule is Cc1cc(-c2cc(N)ccc2OC2CCOCC2)c2cc[nH]c2[n+]1[O-]. The largest absolute Gasteiger partial charge is 0.710 e. The molecule has 1 fully saturated rings. The van der Waals surface area contributed by atoms with Crippen LogP contribution in [0.3, 0.4) is 0 Å². The lowest BCUT2D eigenvalue weighted by atomic mass is 10.0. The van der Waals surface area contributed by atoms with Crippen LogP contribution < -0.4 is 15.2 Å². The maximum atomic E-state index is 12.3. The van der Waals surface area contributed by atoms with Crippen molar-refractivity contribution in [3.63, 3.8) is 0 Å². The molecule has 0 radical (unpaired) electrons. The van der Waals surface area contributed by atoms with E-state index in [1.165, 1.54) is 0 Å². The van der Waals surface area contributed by atoms with E-state index < -0.39 is 0 Å². The number of nitrogens with zero attached hydrogens (tertiary/aromatic N) is 1. The molecule has 1 aromatic carbocycles. The molecular weight excluding hydrogens is 318 g/mol. The Labute approximate surface area is 145 Å². The van der Waals surface area contributed by atoms with E-state index in [1.54, 1.807) is 13.1 Å². The van der Waals surface area contributed by atoms with Gasteiger partial charge in [-0.2, -0.15) is 0 Å². The molecule has 2 aromatic heterocycles. The highest BCUT2D eigenvalue weighted by atomic mass is 16.5. The van der Waals surface area contributed by atoms with E-state index in [4.69, 9.17) is 15.2 Å². The first kappa shape index (κ1) is 15.8. The zero-order valence-corrected chi connectivity index (χ0v) is 14.1. The number of aryl methyl sites for hydroxylation is 1. The van der Waals surface area contributed by atoms with Crippen molar-refractivity contribution in [2.75, 3.05) is 18.9 Å². The van der Waals surface area contributed by atoms with Gasteiger partial charge in [0.25, 0.3) is 5.65 Å². The van der Waals surface area contributed by atoms with Crippen LogP contribution in [0, 0.1) is 12.1 Å². The number of nitrogen functional groups attached to an aromatic ring is 1. The number of hydrogen-bond acceptors (Lipinski definition) is 4. The van der Waals surface area contributed by atoms with Crippen LogP contribution in [0.25, 0.3) is 22.2 Å². The molecule has 1 aliphatic heterocycles. The third kappa shape index (κ3) is 2.89. The minimum absolute atomic E-state index is 0.132. The summed E-state index contributed by atoms with van der Waals surface area (Å²) in [4.78, 5) is 3.02. The van der Waals surface area contributed by atoms with Crippen molar-refractivity contribution in [1.82, 2.24) is 4.98 Å². The number of nitrogens with one attached hydrogen (secondary N) is 1. The van der Waals surface area contributed by atoms with Crippen LogP contribution in [0.5, 0.6) is 5.75 Å². The van der Waals surface area contributed by atoms with Gasteiger partial charge in [-0.1, -0.05) is 0 Å². The number of nitrogens with two attached hydrogens (primary N) is 1. The Kier molecular flexibility index (Phi) is 3.97. The minimum Gasteiger partial charge on any atom is -0.710 e. The molecule has 1 aliphatic rings. The molecule has 0 bridgehead atoms. The summed E-state index contributed by atoms with van der Waals surface area (Å²) < 4.78 is 12.6. The van der Waals surface area contributed by atoms with Crippen molar-refractivity contribution in [2.45, 2.75) is 25.9 Å². The molecule has 25 heavy (non-hydrogen) atoms. The lowest BCUT2D eigenvalue weighted by molar-refractivity contribution is -0.586. The Hall–Kier alpha value is -2.73. The van der Waals surface area contributed by atoms with Crippen molar-refractivity contribution in [1.29, 1.82) is 0 Å². The monoisotopic (exact) mass is 339 g/mol. The van der Waals surface area contributed by atoms with Gasteiger partial charge < -0.3 is 20.4 Å². The fraction of sp³-hybridized carbons (Fsp3) is 0.316. The summed E-state index contributed by atoms with van der Waals surface area (Å²) in [7, 11) is 0. The molecule has 1 saturated heterocycles. The van der Waals surface area contributed by atoms with Gasteiger partial charge in [-0.3, -0.25) is 0 Å². The molecule has 0 saturated carbocycles. The van der Waals surface area contributed by atoms with Crippen LogP contribution in [0.2, 0.25) is 0 Å². The molecule has 3 heterocycles. The Balaban J connectivity index is 1.83. The third-order valence-corrected chi connectivity index (χ3v) is 4.65. The van der Waals surface area contributed by atoms with E-state index in [1.807, 2.05) is 30.3 Å². The second kappa shape index (κ2) is 6.29. The van der Waals surface area contributed by atoms with Gasteiger partial charge in [0.2, 0.25) is 0 Å². The highest BCUT2D eigenvalue weighted by molar-refractivity contribution is 5.94. The van der Waals surface area contributed by atoms with Gasteiger partial charge in [0.15, 0.2) is 0 Å². The predicted molar refractivity (Wildman–Crippen MR) is 96.3 cm³/mol. The summed E-state index contributed by atoms with van der Waals surface area (Å²) in [5, 5.41) is 13.1. The van der Waals surface area contributed by atoms with Gasteiger partial charge in [-0.05, 0) is 37.3 Å². The molecular formula is C19H21N3O3. The number of rotatable bonds is 3. The molecule has 3 aromatic rings. The third-order valence-electron chi connectivity index (χ3n) is 4.65. The average molecular weight is 339 g/mol. The van der Waals surface area contributed by atoms with Crippen LogP contribution in [-0.4, -0.2) is 24.3 Å². The van der Waals surface area contributed by atoms with Gasteiger partial charge in [0.05, 0.1) is 24.8 Å².